The summed E-state index contributed by atoms with van der Waals surface area (Å²) in [6.07, 6.45) is 14.4. The number of hydrogen-bond acceptors (Lipinski definition) is 0. The molecule has 0 aliphatic carbocycles. The maximum absolute atomic E-state index is 2.40. The van der Waals surface area contributed by atoms with Crippen molar-refractivity contribution in [2.45, 2.75) is 53.4 Å². The van der Waals surface area contributed by atoms with Crippen LogP contribution < -0.4 is 0 Å². The van der Waals surface area contributed by atoms with E-state index in [1.807, 2.05) is 0 Å². The number of rotatable bonds is 7. The standard InChI is InChI=1S/C14H26/c1-5-8-10-14(7-3)12-11-13(4)9-6-2/h6,9,11-14H,5,7-8,10H2,1-4H3. The first kappa shape index (κ1) is 13.5. The summed E-state index contributed by atoms with van der Waals surface area (Å²) < 4.78 is 0. The highest BCUT2D eigenvalue weighted by Gasteiger charge is 2.00. The Balaban J connectivity index is 3.89. The maximum Gasteiger partial charge on any atom is -0.00819 e. The van der Waals surface area contributed by atoms with E-state index in [0.717, 1.165) is 5.92 Å². The molecule has 0 aromatic carbocycles. The van der Waals surface area contributed by atoms with Crippen LogP contribution in [-0.4, -0.2) is 0 Å². The van der Waals surface area contributed by atoms with E-state index in [1.165, 1.54) is 25.7 Å². The lowest BCUT2D eigenvalue weighted by molar-refractivity contribution is 0.538. The predicted molar refractivity (Wildman–Crippen MR) is 66.4 cm³/mol. The van der Waals surface area contributed by atoms with Gasteiger partial charge in [-0.25, -0.2) is 0 Å². The number of allylic oxidation sites excluding steroid dienone is 4. The minimum absolute atomic E-state index is 0.593. The van der Waals surface area contributed by atoms with E-state index >= 15 is 0 Å². The first-order valence-electron chi connectivity index (χ1n) is 6.05. The second-order valence-corrected chi connectivity index (χ2v) is 4.08. The summed E-state index contributed by atoms with van der Waals surface area (Å²) in [6.45, 7) is 8.87. The molecule has 0 spiro atoms. The third-order valence-electron chi connectivity index (χ3n) is 2.64. The molecule has 2 atom stereocenters. The molecule has 0 radical (unpaired) electrons. The van der Waals surface area contributed by atoms with Crippen LogP contribution in [0.1, 0.15) is 53.4 Å². The molecule has 0 aliphatic heterocycles. The second-order valence-electron chi connectivity index (χ2n) is 4.08. The van der Waals surface area contributed by atoms with Gasteiger partial charge in [-0.15, -0.1) is 0 Å². The van der Waals surface area contributed by atoms with Gasteiger partial charge in [0.2, 0.25) is 0 Å². The average Bonchev–Trinajstić information content (AvgIpc) is 2.19. The molecule has 0 rings (SSSR count). The lowest BCUT2D eigenvalue weighted by Crippen LogP contribution is -1.95. The highest BCUT2D eigenvalue weighted by molar-refractivity contribution is 4.99. The minimum atomic E-state index is 0.593. The van der Waals surface area contributed by atoms with Crippen molar-refractivity contribution in [3.8, 4) is 0 Å². The highest BCUT2D eigenvalue weighted by atomic mass is 14.1. The van der Waals surface area contributed by atoms with E-state index in [-0.39, 0.29) is 0 Å². The van der Waals surface area contributed by atoms with Gasteiger partial charge in [0.05, 0.1) is 0 Å². The molecule has 82 valence electrons. The van der Waals surface area contributed by atoms with Gasteiger partial charge in [0.1, 0.15) is 0 Å². The Morgan fingerprint density at radius 3 is 2.29 bits per heavy atom. The van der Waals surface area contributed by atoms with E-state index in [0.29, 0.717) is 5.92 Å². The van der Waals surface area contributed by atoms with Crippen LogP contribution in [0, 0.1) is 11.8 Å². The summed E-state index contributed by atoms with van der Waals surface area (Å²) in [5, 5.41) is 0. The average molecular weight is 194 g/mol. The molecular formula is C14H26. The zero-order valence-electron chi connectivity index (χ0n) is 10.3. The Kier molecular flexibility index (Phi) is 8.72. The first-order chi connectivity index (χ1) is 6.74. The Hall–Kier alpha value is -0.520. The van der Waals surface area contributed by atoms with Crippen LogP contribution in [0.25, 0.3) is 0 Å². The smallest absolute Gasteiger partial charge is 0.00819 e. The number of unbranched alkanes of at least 4 members (excludes halogenated alkanes) is 1. The Morgan fingerprint density at radius 1 is 1.07 bits per heavy atom. The van der Waals surface area contributed by atoms with Gasteiger partial charge >= 0.3 is 0 Å². The molecule has 0 saturated carbocycles. The quantitative estimate of drug-likeness (QED) is 0.502. The fraction of sp³-hybridized carbons (Fsp3) is 0.714. The van der Waals surface area contributed by atoms with E-state index < -0.39 is 0 Å². The lowest BCUT2D eigenvalue weighted by Gasteiger charge is -2.09. The first-order valence-corrected chi connectivity index (χ1v) is 6.05. The summed E-state index contributed by atoms with van der Waals surface area (Å²) in [5.74, 6) is 1.39. The van der Waals surface area contributed by atoms with Crippen molar-refractivity contribution in [2.24, 2.45) is 11.8 Å². The van der Waals surface area contributed by atoms with E-state index in [2.05, 4.69) is 52.0 Å². The van der Waals surface area contributed by atoms with Gasteiger partial charge in [-0.3, -0.25) is 0 Å². The van der Waals surface area contributed by atoms with Gasteiger partial charge in [0.25, 0.3) is 0 Å². The van der Waals surface area contributed by atoms with Crippen LogP contribution in [0.5, 0.6) is 0 Å². The van der Waals surface area contributed by atoms with Gasteiger partial charge < -0.3 is 0 Å². The third-order valence-corrected chi connectivity index (χ3v) is 2.64. The van der Waals surface area contributed by atoms with Crippen LogP contribution in [0.2, 0.25) is 0 Å². The normalized spacial score (nSPS) is 16.6. The molecule has 0 bridgehead atoms. The molecule has 0 saturated heterocycles. The summed E-state index contributed by atoms with van der Waals surface area (Å²) in [7, 11) is 0. The van der Waals surface area contributed by atoms with E-state index in [1.54, 1.807) is 0 Å². The molecule has 0 nitrogen and oxygen atoms in total. The molecule has 0 aromatic heterocycles. The molecule has 14 heavy (non-hydrogen) atoms. The van der Waals surface area contributed by atoms with Crippen LogP contribution >= 0.6 is 0 Å². The fourth-order valence-electron chi connectivity index (χ4n) is 1.60. The zero-order valence-corrected chi connectivity index (χ0v) is 10.3. The van der Waals surface area contributed by atoms with Crippen molar-refractivity contribution in [1.82, 2.24) is 0 Å². The van der Waals surface area contributed by atoms with Gasteiger partial charge in [-0.1, -0.05) is 57.9 Å². The molecule has 0 heterocycles. The van der Waals surface area contributed by atoms with Crippen LogP contribution in [0.3, 0.4) is 0 Å². The van der Waals surface area contributed by atoms with Crippen molar-refractivity contribution in [3.63, 3.8) is 0 Å². The molecule has 0 fully saturated rings. The highest BCUT2D eigenvalue weighted by Crippen LogP contribution is 2.15. The predicted octanol–water partition coefficient (Wildman–Crippen LogP) is 4.97. The Bertz CT molecular complexity index is 165. The van der Waals surface area contributed by atoms with Crippen LogP contribution in [0.15, 0.2) is 24.3 Å². The third kappa shape index (κ3) is 6.94. The summed E-state index contributed by atoms with van der Waals surface area (Å²) in [6, 6.07) is 0. The van der Waals surface area contributed by atoms with Gasteiger partial charge in [0.15, 0.2) is 0 Å². The van der Waals surface area contributed by atoms with Crippen molar-refractivity contribution in [2.75, 3.05) is 0 Å². The number of hydrogen-bond donors (Lipinski definition) is 0. The maximum atomic E-state index is 2.40. The molecule has 0 aromatic rings. The summed E-state index contributed by atoms with van der Waals surface area (Å²) in [4.78, 5) is 0. The largest absolute Gasteiger partial charge is 0.0911 e. The molecule has 0 heteroatoms. The molecule has 0 aliphatic rings. The van der Waals surface area contributed by atoms with Gasteiger partial charge in [0, 0.05) is 0 Å². The van der Waals surface area contributed by atoms with Crippen LogP contribution in [-0.2, 0) is 0 Å². The van der Waals surface area contributed by atoms with Crippen molar-refractivity contribution in [3.05, 3.63) is 24.3 Å². The molecule has 0 amide bonds. The van der Waals surface area contributed by atoms with Crippen molar-refractivity contribution in [1.29, 1.82) is 0 Å². The fourth-order valence-corrected chi connectivity index (χ4v) is 1.60. The van der Waals surface area contributed by atoms with Crippen LogP contribution in [0.4, 0.5) is 0 Å². The lowest BCUT2D eigenvalue weighted by atomic mass is 9.97. The minimum Gasteiger partial charge on any atom is -0.0911 e. The van der Waals surface area contributed by atoms with E-state index in [9.17, 15) is 0 Å². The summed E-state index contributed by atoms with van der Waals surface area (Å²) >= 11 is 0. The van der Waals surface area contributed by atoms with Gasteiger partial charge in [-0.05, 0) is 31.6 Å². The van der Waals surface area contributed by atoms with Gasteiger partial charge in [-0.2, -0.15) is 0 Å². The molecule has 0 N–H and O–H groups in total. The second kappa shape index (κ2) is 9.05. The molecular weight excluding hydrogens is 168 g/mol. The SMILES string of the molecule is CC=CC(C)C=CC(CC)CCCC. The molecule has 2 unspecified atom stereocenters. The zero-order chi connectivity index (χ0) is 10.8. The Morgan fingerprint density at radius 2 is 1.79 bits per heavy atom. The monoisotopic (exact) mass is 194 g/mol. The summed E-state index contributed by atoms with van der Waals surface area (Å²) in [5.41, 5.74) is 0. The topological polar surface area (TPSA) is 0 Å². The van der Waals surface area contributed by atoms with E-state index in [4.69, 9.17) is 0 Å². The van der Waals surface area contributed by atoms with Crippen molar-refractivity contribution >= 4 is 0 Å². The Labute approximate surface area is 90.1 Å². The van der Waals surface area contributed by atoms with Crippen molar-refractivity contribution < 1.29 is 0 Å².